The maximum absolute atomic E-state index is 12.7. The molecule has 156 valence electrons. The van der Waals surface area contributed by atoms with E-state index in [2.05, 4.69) is 4.90 Å². The summed E-state index contributed by atoms with van der Waals surface area (Å²) in [7, 11) is 0. The lowest BCUT2D eigenvalue weighted by molar-refractivity contribution is -0.138. The number of ether oxygens (including phenoxy) is 1. The van der Waals surface area contributed by atoms with E-state index in [1.807, 2.05) is 30.3 Å². The molecule has 0 atom stereocenters. The maximum Gasteiger partial charge on any atom is 0.416 e. The lowest BCUT2D eigenvalue weighted by Gasteiger charge is -2.22. The Labute approximate surface area is 168 Å². The highest BCUT2D eigenvalue weighted by atomic mass is 19.4. The fourth-order valence-electron chi connectivity index (χ4n) is 3.36. The average molecular weight is 406 g/mol. The number of hydrogen-bond donors (Lipinski definition) is 0. The molecule has 1 aliphatic heterocycles. The Kier molecular flexibility index (Phi) is 7.28. The van der Waals surface area contributed by atoms with Crippen LogP contribution in [0, 0.1) is 0 Å². The average Bonchev–Trinajstić information content (AvgIpc) is 2.94. The zero-order chi connectivity index (χ0) is 20.7. The van der Waals surface area contributed by atoms with Crippen LogP contribution in [0.1, 0.15) is 23.1 Å². The molecule has 0 radical (unpaired) electrons. The van der Waals surface area contributed by atoms with Gasteiger partial charge in [0, 0.05) is 32.7 Å². The Morgan fingerprint density at radius 1 is 0.897 bits per heavy atom. The summed E-state index contributed by atoms with van der Waals surface area (Å²) in [6, 6.07) is 15.0. The monoisotopic (exact) mass is 406 g/mol. The van der Waals surface area contributed by atoms with E-state index in [0.717, 1.165) is 36.2 Å². The second-order valence-electron chi connectivity index (χ2n) is 7.18. The number of alkyl halides is 3. The Morgan fingerprint density at radius 3 is 2.31 bits per heavy atom. The Bertz CT molecular complexity index is 779. The highest BCUT2D eigenvalue weighted by Crippen LogP contribution is 2.29. The van der Waals surface area contributed by atoms with Gasteiger partial charge in [-0.05, 0) is 29.7 Å². The van der Waals surface area contributed by atoms with Gasteiger partial charge >= 0.3 is 6.18 Å². The van der Waals surface area contributed by atoms with E-state index in [-0.39, 0.29) is 12.5 Å². The Balaban J connectivity index is 1.44. The number of carbonyl (C=O) groups is 1. The predicted octanol–water partition coefficient (Wildman–Crippen LogP) is 3.96. The van der Waals surface area contributed by atoms with Crippen LogP contribution in [-0.4, -0.2) is 48.5 Å². The quantitative estimate of drug-likeness (QED) is 0.728. The highest BCUT2D eigenvalue weighted by molar-refractivity contribution is 5.77. The molecule has 1 aliphatic rings. The van der Waals surface area contributed by atoms with Crippen molar-refractivity contribution in [2.75, 3.05) is 32.8 Å². The van der Waals surface area contributed by atoms with Crippen molar-refractivity contribution in [1.82, 2.24) is 9.80 Å². The zero-order valence-corrected chi connectivity index (χ0v) is 16.2. The van der Waals surface area contributed by atoms with E-state index in [4.69, 9.17) is 4.74 Å². The van der Waals surface area contributed by atoms with Crippen LogP contribution in [0.15, 0.2) is 54.6 Å². The molecule has 0 bridgehead atoms. The molecule has 1 saturated heterocycles. The summed E-state index contributed by atoms with van der Waals surface area (Å²) in [6.07, 6.45) is -3.49. The van der Waals surface area contributed by atoms with Gasteiger partial charge in [0.2, 0.25) is 5.91 Å². The molecule has 1 amide bonds. The first kappa shape index (κ1) is 21.3. The molecule has 0 aromatic heterocycles. The smallest absolute Gasteiger partial charge is 0.367 e. The van der Waals surface area contributed by atoms with Gasteiger partial charge in [0.15, 0.2) is 0 Å². The van der Waals surface area contributed by atoms with Crippen LogP contribution in [0.2, 0.25) is 0 Å². The molecule has 0 N–H and O–H groups in total. The molecule has 1 fully saturated rings. The van der Waals surface area contributed by atoms with E-state index < -0.39 is 11.7 Å². The largest absolute Gasteiger partial charge is 0.416 e. The van der Waals surface area contributed by atoms with Crippen LogP contribution in [0.4, 0.5) is 13.2 Å². The van der Waals surface area contributed by atoms with E-state index in [0.29, 0.717) is 32.8 Å². The summed E-state index contributed by atoms with van der Waals surface area (Å²) in [5.74, 6) is -0.0303. The summed E-state index contributed by atoms with van der Waals surface area (Å²) in [4.78, 5) is 16.4. The molecule has 29 heavy (non-hydrogen) atoms. The van der Waals surface area contributed by atoms with Gasteiger partial charge in [0.05, 0.1) is 12.2 Å². The molecule has 4 nitrogen and oxygen atoms in total. The molecular weight excluding hydrogens is 381 g/mol. The van der Waals surface area contributed by atoms with Gasteiger partial charge in [-0.2, -0.15) is 13.2 Å². The van der Waals surface area contributed by atoms with Gasteiger partial charge in [-0.25, -0.2) is 0 Å². The third-order valence-corrected chi connectivity index (χ3v) is 4.97. The number of carbonyl (C=O) groups excluding carboxylic acids is 1. The SMILES string of the molecule is O=C(COCc1ccccc1)N1CCCN(Cc2ccc(C(F)(F)F)cc2)CC1. The van der Waals surface area contributed by atoms with Gasteiger partial charge < -0.3 is 9.64 Å². The predicted molar refractivity (Wildman–Crippen MR) is 104 cm³/mol. The van der Waals surface area contributed by atoms with Crippen LogP contribution in [0.3, 0.4) is 0 Å². The van der Waals surface area contributed by atoms with E-state index in [1.165, 1.54) is 12.1 Å². The van der Waals surface area contributed by atoms with Crippen molar-refractivity contribution in [3.8, 4) is 0 Å². The fraction of sp³-hybridized carbons (Fsp3) is 0.409. The fourth-order valence-corrected chi connectivity index (χ4v) is 3.36. The van der Waals surface area contributed by atoms with Crippen LogP contribution in [0.25, 0.3) is 0 Å². The van der Waals surface area contributed by atoms with Crippen molar-refractivity contribution in [3.05, 3.63) is 71.3 Å². The summed E-state index contributed by atoms with van der Waals surface area (Å²) in [5, 5.41) is 0. The van der Waals surface area contributed by atoms with Gasteiger partial charge in [-0.15, -0.1) is 0 Å². The minimum atomic E-state index is -4.31. The van der Waals surface area contributed by atoms with Crippen molar-refractivity contribution in [2.45, 2.75) is 25.7 Å². The zero-order valence-electron chi connectivity index (χ0n) is 16.2. The molecule has 0 aliphatic carbocycles. The molecular formula is C22H25F3N2O2. The third-order valence-electron chi connectivity index (χ3n) is 4.97. The van der Waals surface area contributed by atoms with Crippen molar-refractivity contribution in [3.63, 3.8) is 0 Å². The number of hydrogen-bond acceptors (Lipinski definition) is 3. The Hall–Kier alpha value is -2.38. The highest BCUT2D eigenvalue weighted by Gasteiger charge is 2.30. The number of benzene rings is 2. The first-order valence-corrected chi connectivity index (χ1v) is 9.70. The van der Waals surface area contributed by atoms with Crippen molar-refractivity contribution >= 4 is 5.91 Å². The van der Waals surface area contributed by atoms with Crippen LogP contribution < -0.4 is 0 Å². The minimum absolute atomic E-state index is 0.0303. The van der Waals surface area contributed by atoms with E-state index >= 15 is 0 Å². The van der Waals surface area contributed by atoms with Gasteiger partial charge in [0.25, 0.3) is 0 Å². The van der Waals surface area contributed by atoms with Gasteiger partial charge in [0.1, 0.15) is 6.61 Å². The Morgan fingerprint density at radius 2 is 1.62 bits per heavy atom. The van der Waals surface area contributed by atoms with Crippen molar-refractivity contribution < 1.29 is 22.7 Å². The summed E-state index contributed by atoms with van der Waals surface area (Å²) in [6.45, 7) is 3.77. The molecule has 2 aromatic carbocycles. The van der Waals surface area contributed by atoms with Gasteiger partial charge in [-0.3, -0.25) is 9.69 Å². The summed E-state index contributed by atoms with van der Waals surface area (Å²) in [5.41, 5.74) is 1.23. The molecule has 0 unspecified atom stereocenters. The lowest BCUT2D eigenvalue weighted by atomic mass is 10.1. The number of nitrogens with zero attached hydrogens (tertiary/aromatic N) is 2. The van der Waals surface area contributed by atoms with E-state index in [1.54, 1.807) is 4.90 Å². The molecule has 0 spiro atoms. The standard InChI is InChI=1S/C22H25F3N2O2/c23-22(24,25)20-9-7-18(8-10-20)15-26-11-4-12-27(14-13-26)21(28)17-29-16-19-5-2-1-3-6-19/h1-3,5-10H,4,11-17H2. The van der Waals surface area contributed by atoms with E-state index in [9.17, 15) is 18.0 Å². The van der Waals surface area contributed by atoms with Crippen LogP contribution in [0.5, 0.6) is 0 Å². The molecule has 2 aromatic rings. The second kappa shape index (κ2) is 9.89. The first-order valence-electron chi connectivity index (χ1n) is 9.70. The molecule has 3 rings (SSSR count). The van der Waals surface area contributed by atoms with Crippen LogP contribution in [-0.2, 0) is 28.9 Å². The normalized spacial score (nSPS) is 15.9. The molecule has 1 heterocycles. The molecule has 7 heteroatoms. The summed E-state index contributed by atoms with van der Waals surface area (Å²) >= 11 is 0. The molecule has 0 saturated carbocycles. The first-order chi connectivity index (χ1) is 13.9. The van der Waals surface area contributed by atoms with Gasteiger partial charge in [-0.1, -0.05) is 42.5 Å². The van der Waals surface area contributed by atoms with Crippen molar-refractivity contribution in [1.29, 1.82) is 0 Å². The number of rotatable bonds is 6. The van der Waals surface area contributed by atoms with Crippen LogP contribution >= 0.6 is 0 Å². The number of amides is 1. The van der Waals surface area contributed by atoms with Crippen molar-refractivity contribution in [2.24, 2.45) is 0 Å². The number of halogens is 3. The maximum atomic E-state index is 12.7. The topological polar surface area (TPSA) is 32.8 Å². The minimum Gasteiger partial charge on any atom is -0.367 e. The lowest BCUT2D eigenvalue weighted by Crippen LogP contribution is -2.37. The second-order valence-corrected chi connectivity index (χ2v) is 7.18. The third kappa shape index (κ3) is 6.58. The summed E-state index contributed by atoms with van der Waals surface area (Å²) < 4.78 is 43.6.